The van der Waals surface area contributed by atoms with Crippen molar-refractivity contribution in [2.45, 2.75) is 19.3 Å². The van der Waals surface area contributed by atoms with Gasteiger partial charge in [-0.2, -0.15) is 5.10 Å². The lowest BCUT2D eigenvalue weighted by atomic mass is 10.0. The Balaban J connectivity index is 1.83. The van der Waals surface area contributed by atoms with E-state index in [2.05, 4.69) is 10.5 Å². The second kappa shape index (κ2) is 7.60. The van der Waals surface area contributed by atoms with Crippen LogP contribution in [0.2, 0.25) is 5.02 Å². The van der Waals surface area contributed by atoms with Gasteiger partial charge in [-0.3, -0.25) is 4.79 Å². The van der Waals surface area contributed by atoms with Gasteiger partial charge in [-0.25, -0.2) is 5.43 Å². The van der Waals surface area contributed by atoms with Crippen LogP contribution < -0.4 is 5.43 Å². The molecule has 0 aliphatic carbocycles. The number of hydrogen-bond acceptors (Lipinski definition) is 2. The number of hydrogen-bond donors (Lipinski definition) is 1. The number of carbonyl (C=O) groups excluding carboxylic acids is 1. The van der Waals surface area contributed by atoms with E-state index in [9.17, 15) is 4.79 Å². The molecule has 2 aromatic carbocycles. The molecule has 0 bridgehead atoms. The first-order valence-corrected chi connectivity index (χ1v) is 7.14. The van der Waals surface area contributed by atoms with Crippen LogP contribution in [0.15, 0.2) is 59.7 Å². The van der Waals surface area contributed by atoms with E-state index in [4.69, 9.17) is 11.6 Å². The molecule has 0 aliphatic rings. The Hall–Kier alpha value is -2.13. The number of carbonyl (C=O) groups is 1. The number of benzene rings is 2. The summed E-state index contributed by atoms with van der Waals surface area (Å²) in [5.41, 5.74) is 4.61. The minimum atomic E-state index is -0.145. The highest BCUT2D eigenvalue weighted by atomic mass is 35.5. The van der Waals surface area contributed by atoms with Gasteiger partial charge in [0.25, 0.3) is 0 Å². The van der Waals surface area contributed by atoms with Gasteiger partial charge in [0.1, 0.15) is 0 Å². The van der Waals surface area contributed by atoms with Crippen molar-refractivity contribution in [2.75, 3.05) is 0 Å². The Morgan fingerprint density at radius 2 is 1.86 bits per heavy atom. The molecular formula is C17H17ClN2O. The standard InChI is InChI=1S/C17H17ClN2O/c1-13(15-5-3-2-4-6-15)12-19-20-17(21)11-14-7-9-16(18)10-8-14/h2-10,12-13H,11H2,1H3,(H,20,21)/b19-12-/t13-/m1/s1. The van der Waals surface area contributed by atoms with Crippen LogP contribution >= 0.6 is 11.6 Å². The SMILES string of the molecule is C[C@H](/C=N\NC(=O)Cc1ccc(Cl)cc1)c1ccccc1. The number of nitrogens with one attached hydrogen (secondary N) is 1. The van der Waals surface area contributed by atoms with E-state index < -0.39 is 0 Å². The molecule has 2 aromatic rings. The maximum Gasteiger partial charge on any atom is 0.244 e. The van der Waals surface area contributed by atoms with E-state index in [1.54, 1.807) is 18.3 Å². The van der Waals surface area contributed by atoms with Crippen LogP contribution in [-0.2, 0) is 11.2 Å². The summed E-state index contributed by atoms with van der Waals surface area (Å²) in [6.45, 7) is 2.03. The van der Waals surface area contributed by atoms with Crippen molar-refractivity contribution in [3.63, 3.8) is 0 Å². The van der Waals surface area contributed by atoms with Crippen LogP contribution in [0, 0.1) is 0 Å². The highest BCUT2D eigenvalue weighted by molar-refractivity contribution is 6.30. The highest BCUT2D eigenvalue weighted by Gasteiger charge is 2.03. The molecule has 1 amide bonds. The van der Waals surface area contributed by atoms with E-state index >= 15 is 0 Å². The molecule has 0 aromatic heterocycles. The summed E-state index contributed by atoms with van der Waals surface area (Å²) in [7, 11) is 0. The Morgan fingerprint density at radius 1 is 1.19 bits per heavy atom. The van der Waals surface area contributed by atoms with Crippen molar-refractivity contribution in [2.24, 2.45) is 5.10 Å². The van der Waals surface area contributed by atoms with Gasteiger partial charge >= 0.3 is 0 Å². The van der Waals surface area contributed by atoms with Crippen LogP contribution in [-0.4, -0.2) is 12.1 Å². The van der Waals surface area contributed by atoms with E-state index in [1.165, 1.54) is 0 Å². The average molecular weight is 301 g/mol. The Kier molecular flexibility index (Phi) is 5.52. The van der Waals surface area contributed by atoms with Crippen molar-refractivity contribution in [1.82, 2.24) is 5.43 Å². The quantitative estimate of drug-likeness (QED) is 0.662. The zero-order valence-electron chi connectivity index (χ0n) is 11.8. The molecule has 108 valence electrons. The summed E-state index contributed by atoms with van der Waals surface area (Å²) in [5, 5.41) is 4.67. The van der Waals surface area contributed by atoms with Gasteiger partial charge in [0.05, 0.1) is 6.42 Å². The lowest BCUT2D eigenvalue weighted by Crippen LogP contribution is -2.20. The molecule has 0 radical (unpaired) electrons. The monoisotopic (exact) mass is 300 g/mol. The first kappa shape index (κ1) is 15.3. The van der Waals surface area contributed by atoms with Gasteiger partial charge in [0, 0.05) is 17.2 Å². The topological polar surface area (TPSA) is 41.5 Å². The van der Waals surface area contributed by atoms with Gasteiger partial charge in [0.2, 0.25) is 5.91 Å². The van der Waals surface area contributed by atoms with Gasteiger partial charge in [-0.05, 0) is 23.3 Å². The lowest BCUT2D eigenvalue weighted by Gasteiger charge is -2.05. The predicted molar refractivity (Wildman–Crippen MR) is 86.6 cm³/mol. The molecule has 0 spiro atoms. The molecule has 0 heterocycles. The molecule has 0 aliphatic heterocycles. The van der Waals surface area contributed by atoms with Gasteiger partial charge in [-0.15, -0.1) is 0 Å². The normalized spacial score (nSPS) is 12.3. The largest absolute Gasteiger partial charge is 0.273 e. The van der Waals surface area contributed by atoms with Gasteiger partial charge in [-0.1, -0.05) is 61.0 Å². The molecule has 1 atom stereocenters. The third-order valence-electron chi connectivity index (χ3n) is 3.09. The maximum atomic E-state index is 11.8. The summed E-state index contributed by atoms with van der Waals surface area (Å²) >= 11 is 5.80. The summed E-state index contributed by atoms with van der Waals surface area (Å²) in [6, 6.07) is 17.2. The molecule has 0 unspecified atom stereocenters. The smallest absolute Gasteiger partial charge is 0.244 e. The fourth-order valence-electron chi connectivity index (χ4n) is 1.89. The zero-order valence-corrected chi connectivity index (χ0v) is 12.5. The molecule has 0 saturated heterocycles. The van der Waals surface area contributed by atoms with Crippen molar-refractivity contribution in [1.29, 1.82) is 0 Å². The summed E-state index contributed by atoms with van der Waals surface area (Å²) < 4.78 is 0. The van der Waals surface area contributed by atoms with Crippen molar-refractivity contribution >= 4 is 23.7 Å². The second-order valence-electron chi connectivity index (χ2n) is 4.82. The lowest BCUT2D eigenvalue weighted by molar-refractivity contribution is -0.120. The summed E-state index contributed by atoms with van der Waals surface area (Å²) in [6.07, 6.45) is 2.02. The highest BCUT2D eigenvalue weighted by Crippen LogP contribution is 2.12. The first-order valence-electron chi connectivity index (χ1n) is 6.76. The maximum absolute atomic E-state index is 11.8. The second-order valence-corrected chi connectivity index (χ2v) is 5.25. The van der Waals surface area contributed by atoms with Crippen molar-refractivity contribution in [3.05, 3.63) is 70.7 Å². The minimum Gasteiger partial charge on any atom is -0.273 e. The van der Waals surface area contributed by atoms with Crippen LogP contribution in [0.4, 0.5) is 0 Å². The number of rotatable bonds is 5. The molecule has 21 heavy (non-hydrogen) atoms. The number of amides is 1. The van der Waals surface area contributed by atoms with E-state index in [0.717, 1.165) is 11.1 Å². The molecule has 3 nitrogen and oxygen atoms in total. The zero-order chi connectivity index (χ0) is 15.1. The molecular weight excluding hydrogens is 284 g/mol. The number of nitrogens with zero attached hydrogens (tertiary/aromatic N) is 1. The van der Waals surface area contributed by atoms with E-state index in [0.29, 0.717) is 5.02 Å². The van der Waals surface area contributed by atoms with Crippen LogP contribution in [0.5, 0.6) is 0 Å². The van der Waals surface area contributed by atoms with Crippen molar-refractivity contribution in [3.8, 4) is 0 Å². The summed E-state index contributed by atoms with van der Waals surface area (Å²) in [5.74, 6) is 0.0101. The third kappa shape index (κ3) is 5.04. The van der Waals surface area contributed by atoms with Gasteiger partial charge in [0.15, 0.2) is 0 Å². The van der Waals surface area contributed by atoms with Crippen LogP contribution in [0.3, 0.4) is 0 Å². The van der Waals surface area contributed by atoms with Crippen LogP contribution in [0.1, 0.15) is 24.0 Å². The van der Waals surface area contributed by atoms with Gasteiger partial charge < -0.3 is 0 Å². The fourth-order valence-corrected chi connectivity index (χ4v) is 2.02. The van der Waals surface area contributed by atoms with E-state index in [1.807, 2.05) is 49.4 Å². The molecule has 4 heteroatoms. The minimum absolute atomic E-state index is 0.145. The third-order valence-corrected chi connectivity index (χ3v) is 3.34. The Morgan fingerprint density at radius 3 is 2.52 bits per heavy atom. The Bertz CT molecular complexity index is 608. The molecule has 0 fully saturated rings. The van der Waals surface area contributed by atoms with Crippen LogP contribution in [0.25, 0.3) is 0 Å². The summed E-state index contributed by atoms with van der Waals surface area (Å²) in [4.78, 5) is 11.8. The Labute approximate surface area is 129 Å². The molecule has 0 saturated carbocycles. The predicted octanol–water partition coefficient (Wildman–Crippen LogP) is 3.79. The average Bonchev–Trinajstić information content (AvgIpc) is 2.50. The number of halogens is 1. The fraction of sp³-hybridized carbons (Fsp3) is 0.176. The van der Waals surface area contributed by atoms with Crippen molar-refractivity contribution < 1.29 is 4.79 Å². The molecule has 2 rings (SSSR count). The molecule has 1 N–H and O–H groups in total. The van der Waals surface area contributed by atoms with E-state index in [-0.39, 0.29) is 18.2 Å². The first-order chi connectivity index (χ1) is 10.1. The number of hydrazone groups is 1.